The van der Waals surface area contributed by atoms with Crippen molar-refractivity contribution in [2.45, 2.75) is 39.5 Å². The highest BCUT2D eigenvalue weighted by Gasteiger charge is 2.08. The van der Waals surface area contributed by atoms with Crippen molar-refractivity contribution < 1.29 is 4.39 Å². The number of rotatable bonds is 8. The minimum absolute atomic E-state index is 0.126. The summed E-state index contributed by atoms with van der Waals surface area (Å²) in [5.41, 5.74) is 1.11. The molecular weight excluding hydrogens is 213 g/mol. The molecule has 1 aromatic carbocycles. The highest BCUT2D eigenvalue weighted by Crippen LogP contribution is 2.14. The van der Waals surface area contributed by atoms with Gasteiger partial charge in [0, 0.05) is 0 Å². The monoisotopic (exact) mass is 237 g/mol. The quantitative estimate of drug-likeness (QED) is 0.678. The Morgan fingerprint density at radius 3 is 2.71 bits per heavy atom. The fourth-order valence-electron chi connectivity index (χ4n) is 2.16. The molecule has 0 aliphatic rings. The standard InChI is InChI=1S/C15H24FN/c1-3-6-14(12-17-9-4-2)10-13-7-5-8-15(16)11-13/h5,7-8,11,14,17H,3-4,6,9-10,12H2,1-2H3. The van der Waals surface area contributed by atoms with E-state index in [0.29, 0.717) is 5.92 Å². The Bertz CT molecular complexity index is 312. The van der Waals surface area contributed by atoms with Crippen LogP contribution in [0, 0.1) is 11.7 Å². The minimum Gasteiger partial charge on any atom is -0.316 e. The molecule has 0 radical (unpaired) electrons. The molecular formula is C15H24FN. The summed E-state index contributed by atoms with van der Waals surface area (Å²) in [6, 6.07) is 6.98. The zero-order chi connectivity index (χ0) is 12.5. The van der Waals surface area contributed by atoms with Crippen LogP contribution in [0.5, 0.6) is 0 Å². The molecule has 1 aromatic rings. The van der Waals surface area contributed by atoms with Crippen LogP contribution in [-0.2, 0) is 6.42 Å². The largest absolute Gasteiger partial charge is 0.316 e. The maximum atomic E-state index is 13.1. The SMILES string of the molecule is CCCNCC(CCC)Cc1cccc(F)c1. The van der Waals surface area contributed by atoms with Crippen LogP contribution in [0.4, 0.5) is 4.39 Å². The van der Waals surface area contributed by atoms with Crippen LogP contribution in [0.25, 0.3) is 0 Å². The molecule has 0 heterocycles. The molecule has 1 unspecified atom stereocenters. The zero-order valence-electron chi connectivity index (χ0n) is 11.0. The molecule has 1 rings (SSSR count). The van der Waals surface area contributed by atoms with E-state index in [1.165, 1.54) is 25.3 Å². The van der Waals surface area contributed by atoms with Crippen LogP contribution in [-0.4, -0.2) is 13.1 Å². The molecule has 0 bridgehead atoms. The summed E-state index contributed by atoms with van der Waals surface area (Å²) in [7, 11) is 0. The van der Waals surface area contributed by atoms with Crippen molar-refractivity contribution in [1.29, 1.82) is 0 Å². The topological polar surface area (TPSA) is 12.0 Å². The Hall–Kier alpha value is -0.890. The van der Waals surface area contributed by atoms with Gasteiger partial charge in [-0.1, -0.05) is 32.4 Å². The van der Waals surface area contributed by atoms with Gasteiger partial charge in [-0.25, -0.2) is 4.39 Å². The lowest BCUT2D eigenvalue weighted by atomic mass is 9.95. The first-order chi connectivity index (χ1) is 8.26. The molecule has 1 nitrogen and oxygen atoms in total. The summed E-state index contributed by atoms with van der Waals surface area (Å²) < 4.78 is 13.1. The summed E-state index contributed by atoms with van der Waals surface area (Å²) in [6.07, 6.45) is 4.53. The maximum Gasteiger partial charge on any atom is 0.123 e. The van der Waals surface area contributed by atoms with Gasteiger partial charge in [-0.3, -0.25) is 0 Å². The number of hydrogen-bond donors (Lipinski definition) is 1. The van der Waals surface area contributed by atoms with Crippen LogP contribution in [0.2, 0.25) is 0 Å². The van der Waals surface area contributed by atoms with Crippen LogP contribution in [0.1, 0.15) is 38.7 Å². The fourth-order valence-corrected chi connectivity index (χ4v) is 2.16. The Morgan fingerprint density at radius 2 is 2.06 bits per heavy atom. The molecule has 96 valence electrons. The highest BCUT2D eigenvalue weighted by molar-refractivity contribution is 5.16. The molecule has 0 amide bonds. The molecule has 1 N–H and O–H groups in total. The van der Waals surface area contributed by atoms with Crippen molar-refractivity contribution >= 4 is 0 Å². The van der Waals surface area contributed by atoms with Crippen molar-refractivity contribution in [1.82, 2.24) is 5.32 Å². The van der Waals surface area contributed by atoms with E-state index in [1.807, 2.05) is 6.07 Å². The van der Waals surface area contributed by atoms with E-state index in [-0.39, 0.29) is 5.82 Å². The molecule has 2 heteroatoms. The van der Waals surface area contributed by atoms with Gasteiger partial charge in [0.15, 0.2) is 0 Å². The molecule has 0 aliphatic carbocycles. The maximum absolute atomic E-state index is 13.1. The third-order valence-electron chi connectivity index (χ3n) is 2.97. The summed E-state index contributed by atoms with van der Waals surface area (Å²) in [5.74, 6) is 0.493. The van der Waals surface area contributed by atoms with Gasteiger partial charge in [0.1, 0.15) is 5.82 Å². The Kier molecular flexibility index (Phi) is 6.87. The van der Waals surface area contributed by atoms with Crippen LogP contribution >= 0.6 is 0 Å². The van der Waals surface area contributed by atoms with Crippen molar-refractivity contribution in [2.24, 2.45) is 5.92 Å². The molecule has 0 fully saturated rings. The first-order valence-electron chi connectivity index (χ1n) is 6.71. The van der Waals surface area contributed by atoms with Crippen LogP contribution in [0.15, 0.2) is 24.3 Å². The number of halogens is 1. The Labute approximate surface area is 104 Å². The third-order valence-corrected chi connectivity index (χ3v) is 2.97. The number of benzene rings is 1. The van der Waals surface area contributed by atoms with E-state index in [1.54, 1.807) is 12.1 Å². The Morgan fingerprint density at radius 1 is 1.24 bits per heavy atom. The van der Waals surface area contributed by atoms with Gasteiger partial charge in [0.25, 0.3) is 0 Å². The summed E-state index contributed by atoms with van der Waals surface area (Å²) in [5, 5.41) is 3.46. The first kappa shape index (κ1) is 14.2. The normalized spacial score (nSPS) is 12.6. The van der Waals surface area contributed by atoms with Gasteiger partial charge < -0.3 is 5.32 Å². The van der Waals surface area contributed by atoms with Gasteiger partial charge >= 0.3 is 0 Å². The van der Waals surface area contributed by atoms with Crippen molar-refractivity contribution in [3.63, 3.8) is 0 Å². The van der Waals surface area contributed by atoms with Gasteiger partial charge in [0.2, 0.25) is 0 Å². The highest BCUT2D eigenvalue weighted by atomic mass is 19.1. The van der Waals surface area contributed by atoms with Crippen molar-refractivity contribution in [2.75, 3.05) is 13.1 Å². The van der Waals surface area contributed by atoms with Gasteiger partial charge in [-0.05, 0) is 56.0 Å². The van der Waals surface area contributed by atoms with E-state index in [0.717, 1.165) is 25.1 Å². The lowest BCUT2D eigenvalue weighted by Crippen LogP contribution is -2.25. The Balaban J connectivity index is 2.47. The first-order valence-corrected chi connectivity index (χ1v) is 6.71. The average molecular weight is 237 g/mol. The van der Waals surface area contributed by atoms with Gasteiger partial charge in [0.05, 0.1) is 0 Å². The molecule has 17 heavy (non-hydrogen) atoms. The van der Waals surface area contributed by atoms with E-state index in [4.69, 9.17) is 0 Å². The van der Waals surface area contributed by atoms with E-state index in [9.17, 15) is 4.39 Å². The fraction of sp³-hybridized carbons (Fsp3) is 0.600. The molecule has 0 saturated carbocycles. The van der Waals surface area contributed by atoms with Crippen LogP contribution in [0.3, 0.4) is 0 Å². The van der Waals surface area contributed by atoms with E-state index < -0.39 is 0 Å². The summed E-state index contributed by atoms with van der Waals surface area (Å²) >= 11 is 0. The summed E-state index contributed by atoms with van der Waals surface area (Å²) in [6.45, 7) is 6.49. The number of nitrogens with one attached hydrogen (secondary N) is 1. The van der Waals surface area contributed by atoms with E-state index >= 15 is 0 Å². The van der Waals surface area contributed by atoms with Gasteiger partial charge in [-0.2, -0.15) is 0 Å². The minimum atomic E-state index is -0.126. The van der Waals surface area contributed by atoms with Gasteiger partial charge in [-0.15, -0.1) is 0 Å². The predicted octanol–water partition coefficient (Wildman–Crippen LogP) is 3.78. The lowest BCUT2D eigenvalue weighted by Gasteiger charge is -2.17. The smallest absolute Gasteiger partial charge is 0.123 e. The van der Waals surface area contributed by atoms with Crippen molar-refractivity contribution in [3.8, 4) is 0 Å². The lowest BCUT2D eigenvalue weighted by molar-refractivity contribution is 0.438. The molecule has 1 atom stereocenters. The molecule has 0 spiro atoms. The second-order valence-electron chi connectivity index (χ2n) is 4.69. The zero-order valence-corrected chi connectivity index (χ0v) is 11.0. The number of hydrogen-bond acceptors (Lipinski definition) is 1. The average Bonchev–Trinajstić information content (AvgIpc) is 2.29. The summed E-state index contributed by atoms with van der Waals surface area (Å²) in [4.78, 5) is 0. The third kappa shape index (κ3) is 5.83. The molecule has 0 aromatic heterocycles. The van der Waals surface area contributed by atoms with Crippen molar-refractivity contribution in [3.05, 3.63) is 35.6 Å². The molecule has 0 saturated heterocycles. The van der Waals surface area contributed by atoms with E-state index in [2.05, 4.69) is 19.2 Å². The van der Waals surface area contributed by atoms with Crippen LogP contribution < -0.4 is 5.32 Å². The second kappa shape index (κ2) is 8.24. The molecule has 0 aliphatic heterocycles. The second-order valence-corrected chi connectivity index (χ2v) is 4.69. The predicted molar refractivity (Wildman–Crippen MR) is 71.7 cm³/mol.